The molecular weight excluding hydrogens is 346 g/mol. The van der Waals surface area contributed by atoms with Crippen LogP contribution in [0, 0.1) is 0 Å². The van der Waals surface area contributed by atoms with Crippen LogP contribution in [0.2, 0.25) is 0 Å². The van der Waals surface area contributed by atoms with E-state index in [2.05, 4.69) is 10.3 Å². The number of hydrogen-bond donors (Lipinski definition) is 2. The number of nitrogens with zero attached hydrogens (tertiary/aromatic N) is 1. The molecule has 1 heterocycles. The third-order valence-corrected chi connectivity index (χ3v) is 3.70. The van der Waals surface area contributed by atoms with E-state index in [-0.39, 0.29) is 18.9 Å². The Morgan fingerprint density at radius 3 is 2.52 bits per heavy atom. The van der Waals surface area contributed by atoms with Crippen molar-refractivity contribution in [3.8, 4) is 17.1 Å². The maximum absolute atomic E-state index is 12.1. The molecule has 1 aromatic heterocycles. The monoisotopic (exact) mass is 365 g/mol. The Hall–Kier alpha value is -3.61. The van der Waals surface area contributed by atoms with Gasteiger partial charge >= 0.3 is 0 Å². The first-order valence-electron chi connectivity index (χ1n) is 8.41. The minimum atomic E-state index is -0.547. The van der Waals surface area contributed by atoms with E-state index < -0.39 is 5.91 Å². The molecule has 27 heavy (non-hydrogen) atoms. The molecule has 0 unspecified atom stereocenters. The lowest BCUT2D eigenvalue weighted by molar-refractivity contribution is -0.120. The fraction of sp³-hybridized carbons (Fsp3) is 0.150. The van der Waals surface area contributed by atoms with Crippen molar-refractivity contribution in [2.45, 2.75) is 12.8 Å². The lowest BCUT2D eigenvalue weighted by Gasteiger charge is -2.07. The molecule has 3 aromatic rings. The highest BCUT2D eigenvalue weighted by molar-refractivity contribution is 5.90. The van der Waals surface area contributed by atoms with Gasteiger partial charge in [-0.2, -0.15) is 0 Å². The average Bonchev–Trinajstić information content (AvgIpc) is 3.16. The van der Waals surface area contributed by atoms with Crippen molar-refractivity contribution in [1.29, 1.82) is 0 Å². The first-order valence-corrected chi connectivity index (χ1v) is 8.41. The molecule has 0 aliphatic rings. The van der Waals surface area contributed by atoms with E-state index in [0.717, 1.165) is 5.56 Å². The number of carbonyl (C=O) groups is 2. The lowest BCUT2D eigenvalue weighted by atomic mass is 10.2. The second-order valence-electron chi connectivity index (χ2n) is 5.81. The van der Waals surface area contributed by atoms with Gasteiger partial charge in [0, 0.05) is 24.1 Å². The van der Waals surface area contributed by atoms with Gasteiger partial charge in [0.25, 0.3) is 5.91 Å². The van der Waals surface area contributed by atoms with Crippen molar-refractivity contribution in [2.24, 2.45) is 5.73 Å². The molecule has 0 saturated carbocycles. The maximum atomic E-state index is 12.1. The first kappa shape index (κ1) is 18.2. The summed E-state index contributed by atoms with van der Waals surface area (Å²) in [6.45, 7) is -0.188. The predicted molar refractivity (Wildman–Crippen MR) is 100 cm³/mol. The van der Waals surface area contributed by atoms with Gasteiger partial charge in [-0.15, -0.1) is 0 Å². The molecule has 0 radical (unpaired) electrons. The molecule has 2 amide bonds. The van der Waals surface area contributed by atoms with E-state index in [1.54, 1.807) is 30.5 Å². The molecule has 0 fully saturated rings. The molecule has 0 spiro atoms. The highest BCUT2D eigenvalue weighted by atomic mass is 16.5. The van der Waals surface area contributed by atoms with Gasteiger partial charge in [0.1, 0.15) is 5.75 Å². The standard InChI is InChI=1S/C20H19N3O4/c21-18(24)13-26-16-8-6-15(7-9-16)23-19(25)10-11-20-22-12-17(27-20)14-4-2-1-3-5-14/h1-9,12H,10-11,13H2,(H2,21,24)(H,23,25). The average molecular weight is 365 g/mol. The molecule has 7 heteroatoms. The van der Waals surface area contributed by atoms with Crippen LogP contribution in [0.4, 0.5) is 5.69 Å². The number of amides is 2. The Bertz CT molecular complexity index is 904. The van der Waals surface area contributed by atoms with Gasteiger partial charge in [0.15, 0.2) is 18.3 Å². The number of anilines is 1. The third-order valence-electron chi connectivity index (χ3n) is 3.70. The highest BCUT2D eigenvalue weighted by Crippen LogP contribution is 2.20. The molecule has 138 valence electrons. The summed E-state index contributed by atoms with van der Waals surface area (Å²) in [5.74, 6) is 0.992. The summed E-state index contributed by atoms with van der Waals surface area (Å²) in [5, 5.41) is 2.79. The number of nitrogens with two attached hydrogens (primary N) is 1. The van der Waals surface area contributed by atoms with Crippen molar-refractivity contribution < 1.29 is 18.7 Å². The molecule has 2 aromatic carbocycles. The van der Waals surface area contributed by atoms with Gasteiger partial charge in [-0.1, -0.05) is 30.3 Å². The highest BCUT2D eigenvalue weighted by Gasteiger charge is 2.09. The number of hydrogen-bond acceptors (Lipinski definition) is 5. The van der Waals surface area contributed by atoms with Crippen molar-refractivity contribution in [2.75, 3.05) is 11.9 Å². The van der Waals surface area contributed by atoms with Crippen LogP contribution in [0.1, 0.15) is 12.3 Å². The van der Waals surface area contributed by atoms with Crippen LogP contribution in [-0.2, 0) is 16.0 Å². The van der Waals surface area contributed by atoms with Gasteiger partial charge in [-0.3, -0.25) is 9.59 Å². The number of carbonyl (C=O) groups excluding carboxylic acids is 2. The van der Waals surface area contributed by atoms with E-state index in [9.17, 15) is 9.59 Å². The number of aryl methyl sites for hydroxylation is 1. The van der Waals surface area contributed by atoms with Gasteiger partial charge in [-0.25, -0.2) is 4.98 Å². The van der Waals surface area contributed by atoms with Crippen LogP contribution < -0.4 is 15.8 Å². The number of ether oxygens (including phenoxy) is 1. The Kier molecular flexibility index (Phi) is 5.84. The van der Waals surface area contributed by atoms with Crippen LogP contribution in [0.5, 0.6) is 5.75 Å². The quantitative estimate of drug-likeness (QED) is 0.638. The molecule has 0 atom stereocenters. The van der Waals surface area contributed by atoms with Crippen LogP contribution in [0.15, 0.2) is 65.2 Å². The summed E-state index contributed by atoms with van der Waals surface area (Å²) in [6, 6.07) is 16.3. The van der Waals surface area contributed by atoms with E-state index in [4.69, 9.17) is 14.9 Å². The Labute approximate surface area is 156 Å². The summed E-state index contributed by atoms with van der Waals surface area (Å²) in [4.78, 5) is 27.0. The number of benzene rings is 2. The van der Waals surface area contributed by atoms with Crippen LogP contribution in [0.25, 0.3) is 11.3 Å². The first-order chi connectivity index (χ1) is 13.1. The minimum absolute atomic E-state index is 0.153. The van der Waals surface area contributed by atoms with Crippen molar-refractivity contribution in [3.63, 3.8) is 0 Å². The molecular formula is C20H19N3O4. The van der Waals surface area contributed by atoms with Gasteiger partial charge in [0.05, 0.1) is 6.20 Å². The van der Waals surface area contributed by atoms with Crippen LogP contribution in [-0.4, -0.2) is 23.4 Å². The maximum Gasteiger partial charge on any atom is 0.255 e. The Balaban J connectivity index is 1.48. The number of rotatable bonds is 8. The summed E-state index contributed by atoms with van der Waals surface area (Å²) in [6.07, 6.45) is 2.31. The molecule has 0 aliphatic carbocycles. The normalized spacial score (nSPS) is 10.4. The van der Waals surface area contributed by atoms with Crippen LogP contribution in [0.3, 0.4) is 0 Å². The Morgan fingerprint density at radius 1 is 1.07 bits per heavy atom. The van der Waals surface area contributed by atoms with Gasteiger partial charge < -0.3 is 20.2 Å². The predicted octanol–water partition coefficient (Wildman–Crippen LogP) is 2.78. The minimum Gasteiger partial charge on any atom is -0.484 e. The number of primary amides is 1. The number of aromatic nitrogens is 1. The van der Waals surface area contributed by atoms with E-state index in [1.165, 1.54) is 0 Å². The summed E-state index contributed by atoms with van der Waals surface area (Å²) in [5.41, 5.74) is 6.59. The molecule has 3 N–H and O–H groups in total. The van der Waals surface area contributed by atoms with Gasteiger partial charge in [-0.05, 0) is 24.3 Å². The van der Waals surface area contributed by atoms with Crippen molar-refractivity contribution in [1.82, 2.24) is 4.98 Å². The number of nitrogens with one attached hydrogen (secondary N) is 1. The topological polar surface area (TPSA) is 107 Å². The molecule has 7 nitrogen and oxygen atoms in total. The molecule has 0 saturated heterocycles. The fourth-order valence-corrected chi connectivity index (χ4v) is 2.39. The smallest absolute Gasteiger partial charge is 0.255 e. The van der Waals surface area contributed by atoms with Gasteiger partial charge in [0.2, 0.25) is 5.91 Å². The van der Waals surface area contributed by atoms with Crippen molar-refractivity contribution in [3.05, 3.63) is 66.7 Å². The lowest BCUT2D eigenvalue weighted by Crippen LogP contribution is -2.20. The molecule has 0 bridgehead atoms. The van der Waals surface area contributed by atoms with E-state index in [1.807, 2.05) is 30.3 Å². The summed E-state index contributed by atoms with van der Waals surface area (Å²) in [7, 11) is 0. The van der Waals surface area contributed by atoms with E-state index >= 15 is 0 Å². The second-order valence-corrected chi connectivity index (χ2v) is 5.81. The molecule has 0 aliphatic heterocycles. The largest absolute Gasteiger partial charge is 0.484 e. The van der Waals surface area contributed by atoms with E-state index in [0.29, 0.717) is 29.5 Å². The molecule has 3 rings (SSSR count). The van der Waals surface area contributed by atoms with Crippen molar-refractivity contribution >= 4 is 17.5 Å². The Morgan fingerprint density at radius 2 is 1.81 bits per heavy atom. The summed E-state index contributed by atoms with van der Waals surface area (Å²) >= 11 is 0. The third kappa shape index (κ3) is 5.43. The fourth-order valence-electron chi connectivity index (χ4n) is 2.39. The zero-order valence-electron chi connectivity index (χ0n) is 14.6. The second kappa shape index (κ2) is 8.66. The zero-order chi connectivity index (χ0) is 19.1. The summed E-state index contributed by atoms with van der Waals surface area (Å²) < 4.78 is 10.9. The zero-order valence-corrected chi connectivity index (χ0v) is 14.6. The van der Waals surface area contributed by atoms with Crippen LogP contribution >= 0.6 is 0 Å². The SMILES string of the molecule is NC(=O)COc1ccc(NC(=O)CCc2ncc(-c3ccccc3)o2)cc1. The number of oxazole rings is 1.